The van der Waals surface area contributed by atoms with E-state index < -0.39 is 18.5 Å². The molecule has 0 bridgehead atoms. The van der Waals surface area contributed by atoms with Crippen molar-refractivity contribution in [2.45, 2.75) is 6.61 Å². The summed E-state index contributed by atoms with van der Waals surface area (Å²) in [6.07, 6.45) is 0. The third-order valence-electron chi connectivity index (χ3n) is 3.82. The van der Waals surface area contributed by atoms with Crippen LogP contribution >= 0.6 is 11.6 Å². The fourth-order valence-electron chi connectivity index (χ4n) is 2.39. The Morgan fingerprint density at radius 2 is 1.54 bits per heavy atom. The molecule has 0 spiro atoms. The van der Waals surface area contributed by atoms with Crippen molar-refractivity contribution in [2.24, 2.45) is 0 Å². The van der Waals surface area contributed by atoms with Gasteiger partial charge in [-0.15, -0.1) is 0 Å². The number of esters is 1. The Hall–Kier alpha value is -3.31. The van der Waals surface area contributed by atoms with E-state index in [1.54, 1.807) is 48.5 Å². The second-order valence-electron chi connectivity index (χ2n) is 5.90. The molecule has 6 heteroatoms. The molecule has 0 saturated carbocycles. The molecule has 142 valence electrons. The molecule has 0 unspecified atom stereocenters. The molecule has 0 heterocycles. The number of carbonyl (C=O) groups is 2. The van der Waals surface area contributed by atoms with Crippen LogP contribution < -0.4 is 10.1 Å². The van der Waals surface area contributed by atoms with Crippen molar-refractivity contribution in [1.29, 1.82) is 0 Å². The first kappa shape index (κ1) is 19.5. The summed E-state index contributed by atoms with van der Waals surface area (Å²) in [4.78, 5) is 24.0. The second-order valence-corrected chi connectivity index (χ2v) is 6.31. The minimum atomic E-state index is -0.594. The zero-order valence-electron chi connectivity index (χ0n) is 14.9. The minimum absolute atomic E-state index is 0.331. The van der Waals surface area contributed by atoms with Crippen molar-refractivity contribution in [1.82, 2.24) is 0 Å². The summed E-state index contributed by atoms with van der Waals surface area (Å²) < 4.78 is 10.7. The summed E-state index contributed by atoms with van der Waals surface area (Å²) in [5.74, 6) is -0.426. The number of carbonyl (C=O) groups excluding carboxylic acids is 2. The van der Waals surface area contributed by atoms with Gasteiger partial charge in [-0.05, 0) is 42.0 Å². The van der Waals surface area contributed by atoms with Gasteiger partial charge in [0.2, 0.25) is 0 Å². The van der Waals surface area contributed by atoms with Crippen LogP contribution in [0, 0.1) is 0 Å². The lowest BCUT2D eigenvalue weighted by atomic mass is 10.2. The first-order valence-corrected chi connectivity index (χ1v) is 8.98. The highest BCUT2D eigenvalue weighted by atomic mass is 35.5. The molecule has 1 amide bonds. The van der Waals surface area contributed by atoms with Gasteiger partial charge < -0.3 is 14.8 Å². The Kier molecular flexibility index (Phi) is 6.65. The number of amides is 1. The summed E-state index contributed by atoms with van der Waals surface area (Å²) in [5, 5.41) is 3.00. The Balaban J connectivity index is 1.47. The van der Waals surface area contributed by atoms with E-state index in [-0.39, 0.29) is 0 Å². The summed E-state index contributed by atoms with van der Waals surface area (Å²) in [5.41, 5.74) is 1.85. The van der Waals surface area contributed by atoms with Crippen molar-refractivity contribution < 1.29 is 19.1 Å². The van der Waals surface area contributed by atoms with Crippen molar-refractivity contribution >= 4 is 29.2 Å². The summed E-state index contributed by atoms with van der Waals surface area (Å²) >= 11 is 5.97. The number of anilines is 1. The van der Waals surface area contributed by atoms with Crippen LogP contribution in [0.25, 0.3) is 0 Å². The highest BCUT2D eigenvalue weighted by Crippen LogP contribution is 2.20. The van der Waals surface area contributed by atoms with Crippen LogP contribution in [0.2, 0.25) is 5.02 Å². The number of hydrogen-bond acceptors (Lipinski definition) is 4. The zero-order valence-corrected chi connectivity index (χ0v) is 15.7. The third kappa shape index (κ3) is 5.59. The van der Waals surface area contributed by atoms with Gasteiger partial charge in [-0.2, -0.15) is 0 Å². The molecule has 3 rings (SSSR count). The maximum absolute atomic E-state index is 12.1. The lowest BCUT2D eigenvalue weighted by Crippen LogP contribution is -2.21. The molecule has 1 N–H and O–H groups in total. The molecule has 0 radical (unpaired) electrons. The van der Waals surface area contributed by atoms with Gasteiger partial charge in [-0.3, -0.25) is 4.79 Å². The Morgan fingerprint density at radius 3 is 2.25 bits per heavy atom. The molecule has 0 aliphatic heterocycles. The molecule has 0 aromatic heterocycles. The van der Waals surface area contributed by atoms with E-state index in [9.17, 15) is 9.59 Å². The number of hydrogen-bond donors (Lipinski definition) is 1. The molecule has 0 fully saturated rings. The van der Waals surface area contributed by atoms with E-state index >= 15 is 0 Å². The Morgan fingerprint density at radius 1 is 0.857 bits per heavy atom. The third-order valence-corrected chi connectivity index (χ3v) is 4.15. The smallest absolute Gasteiger partial charge is 0.338 e. The highest BCUT2D eigenvalue weighted by Gasteiger charge is 2.11. The topological polar surface area (TPSA) is 64.6 Å². The van der Waals surface area contributed by atoms with Gasteiger partial charge in [0, 0.05) is 0 Å². The second kappa shape index (κ2) is 9.58. The maximum atomic E-state index is 12.1. The van der Waals surface area contributed by atoms with Crippen LogP contribution in [-0.2, 0) is 16.1 Å². The number of para-hydroxylation sites is 1. The van der Waals surface area contributed by atoms with Crippen LogP contribution in [0.1, 0.15) is 15.9 Å². The van der Waals surface area contributed by atoms with Crippen molar-refractivity contribution in [2.75, 3.05) is 11.9 Å². The number of benzene rings is 3. The van der Waals surface area contributed by atoms with Crippen LogP contribution in [0.3, 0.4) is 0 Å². The van der Waals surface area contributed by atoms with E-state index in [0.29, 0.717) is 28.6 Å². The van der Waals surface area contributed by atoms with Gasteiger partial charge in [0.1, 0.15) is 12.4 Å². The van der Waals surface area contributed by atoms with Gasteiger partial charge in [-0.25, -0.2) is 4.79 Å². The molecule has 0 atom stereocenters. The fraction of sp³-hybridized carbons (Fsp3) is 0.0909. The summed E-state index contributed by atoms with van der Waals surface area (Å²) in [6.45, 7) is 0.0309. The Labute approximate surface area is 167 Å². The molecular formula is C22H18ClNO4. The first-order chi connectivity index (χ1) is 13.6. The predicted molar refractivity (Wildman–Crippen MR) is 108 cm³/mol. The summed E-state index contributed by atoms with van der Waals surface area (Å²) in [7, 11) is 0. The molecule has 3 aromatic rings. The number of ether oxygens (including phenoxy) is 2. The number of rotatable bonds is 7. The van der Waals surface area contributed by atoms with Crippen molar-refractivity contribution in [3.05, 3.63) is 95.0 Å². The molecule has 3 aromatic carbocycles. The molecule has 28 heavy (non-hydrogen) atoms. The quantitative estimate of drug-likeness (QED) is 0.588. The first-order valence-electron chi connectivity index (χ1n) is 8.60. The van der Waals surface area contributed by atoms with E-state index in [1.807, 2.05) is 30.3 Å². The summed E-state index contributed by atoms with van der Waals surface area (Å²) in [6, 6.07) is 23.1. The van der Waals surface area contributed by atoms with Gasteiger partial charge in [0.25, 0.3) is 5.91 Å². The van der Waals surface area contributed by atoms with Gasteiger partial charge in [-0.1, -0.05) is 54.1 Å². The van der Waals surface area contributed by atoms with Crippen LogP contribution in [0.5, 0.6) is 5.75 Å². The molecular weight excluding hydrogens is 378 g/mol. The standard InChI is InChI=1S/C22H18ClNO4/c23-19-8-4-5-9-20(19)24-21(25)15-28-22(26)17-10-12-18(13-11-17)27-14-16-6-2-1-3-7-16/h1-13H,14-15H2,(H,24,25). The van der Waals surface area contributed by atoms with E-state index in [1.165, 1.54) is 0 Å². The predicted octanol–water partition coefficient (Wildman–Crippen LogP) is 4.71. The molecule has 5 nitrogen and oxygen atoms in total. The normalized spacial score (nSPS) is 10.2. The molecule has 0 saturated heterocycles. The lowest BCUT2D eigenvalue weighted by Gasteiger charge is -2.09. The monoisotopic (exact) mass is 395 g/mol. The van der Waals surface area contributed by atoms with E-state index in [0.717, 1.165) is 5.56 Å². The van der Waals surface area contributed by atoms with Crippen molar-refractivity contribution in [3.8, 4) is 5.75 Å². The minimum Gasteiger partial charge on any atom is -0.489 e. The average Bonchev–Trinajstić information content (AvgIpc) is 2.73. The Bertz CT molecular complexity index is 942. The SMILES string of the molecule is O=C(COC(=O)c1ccc(OCc2ccccc2)cc1)Nc1ccccc1Cl. The van der Waals surface area contributed by atoms with Gasteiger partial charge in [0.15, 0.2) is 6.61 Å². The fourth-order valence-corrected chi connectivity index (χ4v) is 2.57. The zero-order chi connectivity index (χ0) is 19.8. The van der Waals surface area contributed by atoms with Gasteiger partial charge >= 0.3 is 5.97 Å². The van der Waals surface area contributed by atoms with Crippen LogP contribution in [0.15, 0.2) is 78.9 Å². The van der Waals surface area contributed by atoms with Gasteiger partial charge in [0.05, 0.1) is 16.3 Å². The molecule has 0 aliphatic carbocycles. The highest BCUT2D eigenvalue weighted by molar-refractivity contribution is 6.33. The average molecular weight is 396 g/mol. The maximum Gasteiger partial charge on any atom is 0.338 e. The van der Waals surface area contributed by atoms with Crippen LogP contribution in [0.4, 0.5) is 5.69 Å². The number of halogens is 1. The largest absolute Gasteiger partial charge is 0.489 e. The van der Waals surface area contributed by atoms with E-state index in [2.05, 4.69) is 5.32 Å². The van der Waals surface area contributed by atoms with Crippen LogP contribution in [-0.4, -0.2) is 18.5 Å². The van der Waals surface area contributed by atoms with Crippen molar-refractivity contribution in [3.63, 3.8) is 0 Å². The lowest BCUT2D eigenvalue weighted by molar-refractivity contribution is -0.119. The number of nitrogens with one attached hydrogen (secondary N) is 1. The van der Waals surface area contributed by atoms with E-state index in [4.69, 9.17) is 21.1 Å². The molecule has 0 aliphatic rings.